The molecule has 0 radical (unpaired) electrons. The number of carbonyl (C=O) groups is 1. The lowest BCUT2D eigenvalue weighted by Gasteiger charge is -2.26. The molecular formula is C16H21ClN2O3. The summed E-state index contributed by atoms with van der Waals surface area (Å²) in [6.07, 6.45) is 3.88. The molecule has 2 N–H and O–H groups in total. The van der Waals surface area contributed by atoms with E-state index in [1.165, 1.54) is 19.3 Å². The molecule has 1 aromatic rings. The first-order chi connectivity index (χ1) is 10.6. The zero-order valence-electron chi connectivity index (χ0n) is 12.4. The third-order valence-electron chi connectivity index (χ3n) is 4.33. The lowest BCUT2D eigenvalue weighted by atomic mass is 9.86. The van der Waals surface area contributed by atoms with Gasteiger partial charge in [0.15, 0.2) is 0 Å². The summed E-state index contributed by atoms with van der Waals surface area (Å²) >= 11 is 6.02. The van der Waals surface area contributed by atoms with Gasteiger partial charge in [0, 0.05) is 18.1 Å². The zero-order chi connectivity index (χ0) is 15.5. The normalized spacial score (nSPS) is 21.5. The summed E-state index contributed by atoms with van der Waals surface area (Å²) in [6, 6.07) is 5.01. The first-order valence-corrected chi connectivity index (χ1v) is 8.16. The molecule has 5 nitrogen and oxygen atoms in total. The van der Waals surface area contributed by atoms with E-state index in [4.69, 9.17) is 16.3 Å². The fourth-order valence-corrected chi connectivity index (χ4v) is 2.89. The van der Waals surface area contributed by atoms with Gasteiger partial charge in [-0.15, -0.1) is 0 Å². The fourth-order valence-electron chi connectivity index (χ4n) is 2.71. The van der Waals surface area contributed by atoms with Crippen molar-refractivity contribution in [1.29, 1.82) is 0 Å². The summed E-state index contributed by atoms with van der Waals surface area (Å²) < 4.78 is 5.84. The van der Waals surface area contributed by atoms with Crippen LogP contribution in [0, 0.1) is 5.92 Å². The maximum absolute atomic E-state index is 12.2. The number of halogens is 1. The number of amides is 2. The molecule has 1 aliphatic heterocycles. The lowest BCUT2D eigenvalue weighted by Crippen LogP contribution is -2.33. The van der Waals surface area contributed by atoms with Gasteiger partial charge in [-0.1, -0.05) is 18.0 Å². The molecule has 0 spiro atoms. The van der Waals surface area contributed by atoms with Crippen LogP contribution in [0.4, 0.5) is 10.5 Å². The highest BCUT2D eigenvalue weighted by Gasteiger charge is 2.25. The summed E-state index contributed by atoms with van der Waals surface area (Å²) in [5.41, 5.74) is 0.582. The molecule has 1 aromatic carbocycles. The Morgan fingerprint density at radius 2 is 2.23 bits per heavy atom. The molecule has 120 valence electrons. The number of likely N-dealkylation sites (tertiary alicyclic amines) is 1. The van der Waals surface area contributed by atoms with E-state index >= 15 is 0 Å². The number of benzene rings is 1. The van der Waals surface area contributed by atoms with Gasteiger partial charge in [0.25, 0.3) is 0 Å². The molecule has 1 atom stereocenters. The van der Waals surface area contributed by atoms with Gasteiger partial charge < -0.3 is 20.1 Å². The minimum Gasteiger partial charge on any atom is -0.491 e. The molecule has 1 saturated heterocycles. The Morgan fingerprint density at radius 1 is 1.41 bits per heavy atom. The lowest BCUT2D eigenvalue weighted by molar-refractivity contribution is 0.176. The number of carbonyl (C=O) groups excluding carboxylic acids is 1. The smallest absolute Gasteiger partial charge is 0.322 e. The minimum absolute atomic E-state index is 0.229. The number of aliphatic hydroxyl groups is 1. The predicted molar refractivity (Wildman–Crippen MR) is 85.5 cm³/mol. The monoisotopic (exact) mass is 324 g/mol. The summed E-state index contributed by atoms with van der Waals surface area (Å²) in [5.74, 6) is 1.26. The number of nitrogens with one attached hydrogen (secondary N) is 1. The number of hydrogen-bond donors (Lipinski definition) is 2. The van der Waals surface area contributed by atoms with E-state index in [1.807, 2.05) is 0 Å². The number of nitrogens with zero attached hydrogens (tertiary/aromatic N) is 1. The Labute approximate surface area is 135 Å². The average molecular weight is 325 g/mol. The van der Waals surface area contributed by atoms with Gasteiger partial charge >= 0.3 is 6.03 Å². The van der Waals surface area contributed by atoms with Crippen LogP contribution >= 0.6 is 11.6 Å². The fraction of sp³-hybridized carbons (Fsp3) is 0.562. The van der Waals surface area contributed by atoms with Crippen molar-refractivity contribution in [3.05, 3.63) is 23.2 Å². The van der Waals surface area contributed by atoms with Crippen molar-refractivity contribution in [3.63, 3.8) is 0 Å². The van der Waals surface area contributed by atoms with Gasteiger partial charge in [-0.05, 0) is 43.4 Å². The SMILES string of the molecule is O=C(Nc1cc(Cl)ccc1OCC1CCC1)N1CC[C@H](O)C1. The molecule has 3 rings (SSSR count). The van der Waals surface area contributed by atoms with Crippen LogP contribution in [0.15, 0.2) is 18.2 Å². The van der Waals surface area contributed by atoms with E-state index in [9.17, 15) is 9.90 Å². The molecule has 1 saturated carbocycles. The van der Waals surface area contributed by atoms with Crippen molar-refractivity contribution in [2.75, 3.05) is 25.0 Å². The Balaban J connectivity index is 1.65. The van der Waals surface area contributed by atoms with Gasteiger partial charge in [-0.2, -0.15) is 0 Å². The van der Waals surface area contributed by atoms with Gasteiger partial charge in [0.1, 0.15) is 5.75 Å². The third-order valence-corrected chi connectivity index (χ3v) is 4.57. The summed E-state index contributed by atoms with van der Waals surface area (Å²) in [5, 5.41) is 12.9. The van der Waals surface area contributed by atoms with E-state index in [0.717, 1.165) is 0 Å². The van der Waals surface area contributed by atoms with Gasteiger partial charge in [0.2, 0.25) is 0 Å². The molecule has 0 aromatic heterocycles. The molecule has 0 unspecified atom stereocenters. The number of β-amino-alcohol motifs (C(OH)–C–C–N with tert-alkyl or cyclic N) is 1. The van der Waals surface area contributed by atoms with Gasteiger partial charge in [0.05, 0.1) is 18.4 Å². The van der Waals surface area contributed by atoms with Crippen LogP contribution in [-0.4, -0.2) is 41.8 Å². The Bertz CT molecular complexity index is 548. The Hall–Kier alpha value is -1.46. The zero-order valence-corrected chi connectivity index (χ0v) is 13.2. The molecule has 1 heterocycles. The van der Waals surface area contributed by atoms with E-state index in [-0.39, 0.29) is 6.03 Å². The molecule has 2 amide bonds. The van der Waals surface area contributed by atoms with Crippen LogP contribution in [0.25, 0.3) is 0 Å². The van der Waals surface area contributed by atoms with Crippen molar-refractivity contribution >= 4 is 23.3 Å². The summed E-state index contributed by atoms with van der Waals surface area (Å²) in [4.78, 5) is 13.8. The van der Waals surface area contributed by atoms with Crippen molar-refractivity contribution in [3.8, 4) is 5.75 Å². The van der Waals surface area contributed by atoms with Crippen LogP contribution in [0.3, 0.4) is 0 Å². The van der Waals surface area contributed by atoms with Crippen LogP contribution < -0.4 is 10.1 Å². The first kappa shape index (κ1) is 15.4. The van der Waals surface area contributed by atoms with Crippen molar-refractivity contribution < 1.29 is 14.6 Å². The maximum Gasteiger partial charge on any atom is 0.322 e. The highest BCUT2D eigenvalue weighted by Crippen LogP contribution is 2.32. The van der Waals surface area contributed by atoms with Crippen LogP contribution in [0.1, 0.15) is 25.7 Å². The Morgan fingerprint density at radius 3 is 2.86 bits per heavy atom. The van der Waals surface area contributed by atoms with Crippen molar-refractivity contribution in [1.82, 2.24) is 4.90 Å². The van der Waals surface area contributed by atoms with Crippen molar-refractivity contribution in [2.24, 2.45) is 5.92 Å². The molecule has 2 aliphatic rings. The average Bonchev–Trinajstić information content (AvgIpc) is 2.86. The minimum atomic E-state index is -0.431. The highest BCUT2D eigenvalue weighted by atomic mass is 35.5. The first-order valence-electron chi connectivity index (χ1n) is 7.78. The van der Waals surface area contributed by atoms with Gasteiger partial charge in [-0.25, -0.2) is 4.79 Å². The summed E-state index contributed by atoms with van der Waals surface area (Å²) in [7, 11) is 0. The van der Waals surface area contributed by atoms with Gasteiger partial charge in [-0.3, -0.25) is 0 Å². The number of hydrogen-bond acceptors (Lipinski definition) is 3. The van der Waals surface area contributed by atoms with E-state index in [2.05, 4.69) is 5.32 Å². The molecule has 22 heavy (non-hydrogen) atoms. The molecular weight excluding hydrogens is 304 g/mol. The number of ether oxygens (including phenoxy) is 1. The number of urea groups is 1. The highest BCUT2D eigenvalue weighted by molar-refractivity contribution is 6.31. The third kappa shape index (κ3) is 3.65. The van der Waals surface area contributed by atoms with E-state index in [0.29, 0.717) is 48.5 Å². The van der Waals surface area contributed by atoms with Crippen LogP contribution in [0.5, 0.6) is 5.75 Å². The topological polar surface area (TPSA) is 61.8 Å². The second-order valence-electron chi connectivity index (χ2n) is 6.07. The van der Waals surface area contributed by atoms with E-state index < -0.39 is 6.10 Å². The van der Waals surface area contributed by atoms with Crippen molar-refractivity contribution in [2.45, 2.75) is 31.8 Å². The maximum atomic E-state index is 12.2. The second kappa shape index (κ2) is 6.75. The Kier molecular flexibility index (Phi) is 4.74. The van der Waals surface area contributed by atoms with Crippen LogP contribution in [-0.2, 0) is 0 Å². The number of anilines is 1. The molecule has 2 fully saturated rings. The number of aliphatic hydroxyl groups excluding tert-OH is 1. The quantitative estimate of drug-likeness (QED) is 0.894. The second-order valence-corrected chi connectivity index (χ2v) is 6.50. The standard InChI is InChI=1S/C16H21ClN2O3/c17-12-4-5-15(22-10-11-2-1-3-11)14(8-12)18-16(21)19-7-6-13(20)9-19/h4-5,8,11,13,20H,1-3,6-7,9-10H2,(H,18,21)/t13-/m0/s1. The molecule has 6 heteroatoms. The largest absolute Gasteiger partial charge is 0.491 e. The summed E-state index contributed by atoms with van der Waals surface area (Å²) in [6.45, 7) is 1.60. The van der Waals surface area contributed by atoms with Crippen LogP contribution in [0.2, 0.25) is 5.02 Å². The predicted octanol–water partition coefficient (Wildman–Crippen LogP) is 3.12. The molecule has 0 bridgehead atoms. The molecule has 1 aliphatic carbocycles. The van der Waals surface area contributed by atoms with E-state index in [1.54, 1.807) is 23.1 Å². The number of rotatable bonds is 4.